The molecule has 3 aromatic heterocycles. The minimum absolute atomic E-state index is 0.132. The number of hydrogen-bond acceptors (Lipinski definition) is 8. The summed E-state index contributed by atoms with van der Waals surface area (Å²) in [4.78, 5) is 25.5. The van der Waals surface area contributed by atoms with Crippen molar-refractivity contribution in [1.29, 1.82) is 0 Å². The predicted octanol–water partition coefficient (Wildman–Crippen LogP) is 3.06. The third-order valence-corrected chi connectivity index (χ3v) is 5.95. The second-order valence-electron chi connectivity index (χ2n) is 8.21. The number of benzene rings is 1. The molecule has 0 radical (unpaired) electrons. The fraction of sp³-hybridized carbons (Fsp3) is 0.375. The van der Waals surface area contributed by atoms with Crippen LogP contribution in [-0.2, 0) is 17.8 Å². The van der Waals surface area contributed by atoms with Crippen LogP contribution in [0.5, 0.6) is 0 Å². The van der Waals surface area contributed by atoms with E-state index in [4.69, 9.17) is 14.7 Å². The van der Waals surface area contributed by atoms with Crippen LogP contribution in [0.1, 0.15) is 36.0 Å². The Balaban J connectivity index is 1.49. The van der Waals surface area contributed by atoms with Gasteiger partial charge in [-0.3, -0.25) is 4.90 Å². The standard InChI is InChI=1S/C24H28N8O/c1-33-13-11-26-23-21-24(32(17-28-21)14-18-6-3-2-4-7-18)30-22(29-23)20-8-5-12-31(20)15-19-9-10-25-16-27-19/h2-4,6-7,9-10,16-17,20H,5,8,11-15H2,1H3,(H,26,29,30). The summed E-state index contributed by atoms with van der Waals surface area (Å²) < 4.78 is 7.32. The van der Waals surface area contributed by atoms with Crippen molar-refractivity contribution in [2.45, 2.75) is 32.0 Å². The van der Waals surface area contributed by atoms with Crippen molar-refractivity contribution in [1.82, 2.24) is 34.4 Å². The molecule has 5 rings (SSSR count). The summed E-state index contributed by atoms with van der Waals surface area (Å²) in [5.74, 6) is 1.58. The zero-order valence-corrected chi connectivity index (χ0v) is 18.8. The Morgan fingerprint density at radius 2 is 2.00 bits per heavy atom. The van der Waals surface area contributed by atoms with Crippen LogP contribution < -0.4 is 5.32 Å². The number of nitrogens with one attached hydrogen (secondary N) is 1. The van der Waals surface area contributed by atoms with Crippen molar-refractivity contribution in [2.75, 3.05) is 32.1 Å². The fourth-order valence-electron chi connectivity index (χ4n) is 4.33. The molecule has 1 N–H and O–H groups in total. The Labute approximate surface area is 192 Å². The third kappa shape index (κ3) is 4.84. The first kappa shape index (κ1) is 21.4. The van der Waals surface area contributed by atoms with Gasteiger partial charge in [0.25, 0.3) is 0 Å². The van der Waals surface area contributed by atoms with Crippen LogP contribution in [0.2, 0.25) is 0 Å². The van der Waals surface area contributed by atoms with Crippen molar-refractivity contribution >= 4 is 17.0 Å². The average molecular weight is 445 g/mol. The van der Waals surface area contributed by atoms with E-state index < -0.39 is 0 Å². The van der Waals surface area contributed by atoms with E-state index in [1.807, 2.05) is 18.5 Å². The Bertz CT molecular complexity index is 1180. The van der Waals surface area contributed by atoms with Gasteiger partial charge in [-0.25, -0.2) is 24.9 Å². The Morgan fingerprint density at radius 1 is 1.09 bits per heavy atom. The summed E-state index contributed by atoms with van der Waals surface area (Å²) in [5.41, 5.74) is 3.84. The Morgan fingerprint density at radius 3 is 2.82 bits per heavy atom. The van der Waals surface area contributed by atoms with E-state index in [1.165, 1.54) is 5.56 Å². The lowest BCUT2D eigenvalue weighted by Gasteiger charge is -2.23. The molecule has 9 heteroatoms. The minimum atomic E-state index is 0.132. The zero-order chi connectivity index (χ0) is 22.5. The fourth-order valence-corrected chi connectivity index (χ4v) is 4.33. The molecule has 0 aliphatic carbocycles. The lowest BCUT2D eigenvalue weighted by Crippen LogP contribution is -2.25. The SMILES string of the molecule is COCCNc1nc(C2CCCN2Cc2ccncn2)nc2c1ncn2Cc1ccccc1. The zero-order valence-electron chi connectivity index (χ0n) is 18.8. The van der Waals surface area contributed by atoms with Crippen molar-refractivity contribution in [2.24, 2.45) is 0 Å². The largest absolute Gasteiger partial charge is 0.383 e. The maximum atomic E-state index is 5.22. The number of fused-ring (bicyclic) bond motifs is 1. The summed E-state index contributed by atoms with van der Waals surface area (Å²) in [6, 6.07) is 12.5. The van der Waals surface area contributed by atoms with Crippen LogP contribution >= 0.6 is 0 Å². The lowest BCUT2D eigenvalue weighted by molar-refractivity contribution is 0.210. The van der Waals surface area contributed by atoms with Crippen LogP contribution in [0.3, 0.4) is 0 Å². The van der Waals surface area contributed by atoms with Gasteiger partial charge < -0.3 is 14.6 Å². The summed E-state index contributed by atoms with van der Waals surface area (Å²) >= 11 is 0. The van der Waals surface area contributed by atoms with E-state index in [0.29, 0.717) is 19.7 Å². The molecule has 1 fully saturated rings. The quantitative estimate of drug-likeness (QED) is 0.394. The number of aromatic nitrogens is 6. The molecule has 1 atom stereocenters. The number of ether oxygens (including phenoxy) is 1. The molecule has 1 aromatic carbocycles. The van der Waals surface area contributed by atoms with Crippen LogP contribution in [0, 0.1) is 0 Å². The number of anilines is 1. The van der Waals surface area contributed by atoms with Gasteiger partial charge in [0.15, 0.2) is 11.5 Å². The number of likely N-dealkylation sites (tertiary alicyclic amines) is 1. The lowest BCUT2D eigenvalue weighted by atomic mass is 10.2. The number of imidazole rings is 1. The molecule has 1 aliphatic rings. The van der Waals surface area contributed by atoms with Gasteiger partial charge in [0.1, 0.15) is 17.7 Å². The molecule has 1 aliphatic heterocycles. The number of rotatable bonds is 9. The first-order valence-corrected chi connectivity index (χ1v) is 11.3. The molecule has 1 saturated heterocycles. The monoisotopic (exact) mass is 444 g/mol. The third-order valence-electron chi connectivity index (χ3n) is 5.95. The molecule has 0 bridgehead atoms. The number of hydrogen-bond donors (Lipinski definition) is 1. The van der Waals surface area contributed by atoms with Crippen LogP contribution in [-0.4, -0.2) is 61.2 Å². The molecule has 0 saturated carbocycles. The van der Waals surface area contributed by atoms with Crippen molar-refractivity contribution in [3.8, 4) is 0 Å². The molecule has 1 unspecified atom stereocenters. The van der Waals surface area contributed by atoms with Gasteiger partial charge in [-0.05, 0) is 31.0 Å². The highest BCUT2D eigenvalue weighted by molar-refractivity contribution is 5.83. The summed E-state index contributed by atoms with van der Waals surface area (Å²) in [7, 11) is 1.70. The average Bonchev–Trinajstić information content (AvgIpc) is 3.48. The summed E-state index contributed by atoms with van der Waals surface area (Å²) in [5, 5.41) is 3.40. The normalized spacial score (nSPS) is 16.5. The highest BCUT2D eigenvalue weighted by Crippen LogP contribution is 2.33. The van der Waals surface area contributed by atoms with Crippen molar-refractivity contribution in [3.63, 3.8) is 0 Å². The highest BCUT2D eigenvalue weighted by Gasteiger charge is 2.30. The predicted molar refractivity (Wildman–Crippen MR) is 126 cm³/mol. The molecule has 4 aromatic rings. The van der Waals surface area contributed by atoms with Crippen LogP contribution in [0.15, 0.2) is 55.2 Å². The second-order valence-corrected chi connectivity index (χ2v) is 8.21. The van der Waals surface area contributed by atoms with Crippen molar-refractivity contribution in [3.05, 3.63) is 72.3 Å². The van der Waals surface area contributed by atoms with E-state index in [2.05, 4.69) is 54.0 Å². The summed E-state index contributed by atoms with van der Waals surface area (Å²) in [6.07, 6.45) is 7.36. The molecular formula is C24H28N8O. The highest BCUT2D eigenvalue weighted by atomic mass is 16.5. The van der Waals surface area contributed by atoms with Crippen LogP contribution in [0.25, 0.3) is 11.2 Å². The van der Waals surface area contributed by atoms with Crippen molar-refractivity contribution < 1.29 is 4.74 Å². The summed E-state index contributed by atoms with van der Waals surface area (Å²) in [6.45, 7) is 3.70. The van der Waals surface area contributed by atoms with Crippen LogP contribution in [0.4, 0.5) is 5.82 Å². The molecular weight excluding hydrogens is 416 g/mol. The van der Waals surface area contributed by atoms with Gasteiger partial charge in [-0.1, -0.05) is 30.3 Å². The Kier molecular flexibility index (Phi) is 6.50. The van der Waals surface area contributed by atoms with E-state index in [1.54, 1.807) is 19.6 Å². The first-order chi connectivity index (χ1) is 16.3. The van der Waals surface area contributed by atoms with Gasteiger partial charge in [-0.2, -0.15) is 0 Å². The molecule has 170 valence electrons. The van der Waals surface area contributed by atoms with Gasteiger partial charge in [0.2, 0.25) is 0 Å². The molecule has 4 heterocycles. The molecule has 9 nitrogen and oxygen atoms in total. The smallest absolute Gasteiger partial charge is 0.166 e. The molecule has 0 spiro atoms. The maximum Gasteiger partial charge on any atom is 0.166 e. The van der Waals surface area contributed by atoms with E-state index in [9.17, 15) is 0 Å². The Hall–Kier alpha value is -3.43. The van der Waals surface area contributed by atoms with E-state index in [0.717, 1.165) is 54.4 Å². The van der Waals surface area contributed by atoms with Gasteiger partial charge in [0, 0.05) is 26.4 Å². The topological polar surface area (TPSA) is 93.9 Å². The molecule has 0 amide bonds. The second kappa shape index (κ2) is 10.0. The minimum Gasteiger partial charge on any atom is -0.383 e. The van der Waals surface area contributed by atoms with E-state index >= 15 is 0 Å². The van der Waals surface area contributed by atoms with Gasteiger partial charge >= 0.3 is 0 Å². The van der Waals surface area contributed by atoms with E-state index in [-0.39, 0.29) is 6.04 Å². The molecule has 33 heavy (non-hydrogen) atoms. The number of methoxy groups -OCH3 is 1. The maximum absolute atomic E-state index is 5.22. The number of nitrogens with zero attached hydrogens (tertiary/aromatic N) is 7. The van der Waals surface area contributed by atoms with Gasteiger partial charge in [0.05, 0.1) is 31.2 Å². The van der Waals surface area contributed by atoms with Gasteiger partial charge in [-0.15, -0.1) is 0 Å². The first-order valence-electron chi connectivity index (χ1n) is 11.3.